The molecule has 1 atom stereocenters. The Labute approximate surface area is 69.8 Å². The summed E-state index contributed by atoms with van der Waals surface area (Å²) in [5.74, 6) is 0. The van der Waals surface area contributed by atoms with Crippen molar-refractivity contribution >= 4 is 0 Å². The van der Waals surface area contributed by atoms with E-state index in [1.54, 1.807) is 0 Å². The van der Waals surface area contributed by atoms with Crippen molar-refractivity contribution in [2.24, 2.45) is 5.41 Å². The lowest BCUT2D eigenvalue weighted by atomic mass is 10.1. The molecule has 12 heavy (non-hydrogen) atoms. The van der Waals surface area contributed by atoms with Gasteiger partial charge in [-0.1, -0.05) is 13.8 Å². The first-order valence-electron chi connectivity index (χ1n) is 3.98. The molecule has 0 spiro atoms. The summed E-state index contributed by atoms with van der Waals surface area (Å²) >= 11 is 0. The van der Waals surface area contributed by atoms with Crippen LogP contribution in [0.25, 0.3) is 0 Å². The maximum absolute atomic E-state index is 11.2. The summed E-state index contributed by atoms with van der Waals surface area (Å²) in [6.45, 7) is 6.26. The van der Waals surface area contributed by atoms with E-state index in [0.717, 1.165) is 6.42 Å². The standard InChI is InChI=1S/C7H12N4O/c1-6(2)4-7(6,3)11-5(12)8-9-10-11/h4H2,1-3H3,(H,8,10,12). The lowest BCUT2D eigenvalue weighted by Crippen LogP contribution is -2.30. The van der Waals surface area contributed by atoms with Crippen LogP contribution >= 0.6 is 0 Å². The summed E-state index contributed by atoms with van der Waals surface area (Å²) in [5, 5.41) is 9.51. The van der Waals surface area contributed by atoms with Crippen molar-refractivity contribution in [2.75, 3.05) is 0 Å². The van der Waals surface area contributed by atoms with Gasteiger partial charge >= 0.3 is 5.69 Å². The highest BCUT2D eigenvalue weighted by atomic mass is 16.2. The van der Waals surface area contributed by atoms with Gasteiger partial charge in [0.2, 0.25) is 0 Å². The van der Waals surface area contributed by atoms with E-state index in [4.69, 9.17) is 0 Å². The van der Waals surface area contributed by atoms with E-state index in [0.29, 0.717) is 0 Å². The molecule has 0 aromatic carbocycles. The van der Waals surface area contributed by atoms with Gasteiger partial charge in [-0.25, -0.2) is 9.89 Å². The van der Waals surface area contributed by atoms with Crippen molar-refractivity contribution in [3.8, 4) is 0 Å². The van der Waals surface area contributed by atoms with Crippen LogP contribution in [0.2, 0.25) is 0 Å². The smallest absolute Gasteiger partial charge is 0.244 e. The minimum absolute atomic E-state index is 0.142. The van der Waals surface area contributed by atoms with Gasteiger partial charge in [-0.05, 0) is 29.2 Å². The largest absolute Gasteiger partial charge is 0.361 e. The summed E-state index contributed by atoms with van der Waals surface area (Å²) in [7, 11) is 0. The number of nitrogens with zero attached hydrogens (tertiary/aromatic N) is 3. The Morgan fingerprint density at radius 2 is 2.08 bits per heavy atom. The second-order valence-corrected chi connectivity index (χ2v) is 4.25. The van der Waals surface area contributed by atoms with Crippen LogP contribution in [0.1, 0.15) is 27.2 Å². The average molecular weight is 168 g/mol. The van der Waals surface area contributed by atoms with Crippen LogP contribution in [-0.4, -0.2) is 20.2 Å². The Morgan fingerprint density at radius 1 is 1.50 bits per heavy atom. The molecule has 0 bridgehead atoms. The van der Waals surface area contributed by atoms with Gasteiger partial charge in [0.25, 0.3) is 0 Å². The second-order valence-electron chi connectivity index (χ2n) is 4.25. The number of aromatic nitrogens is 4. The number of rotatable bonds is 1. The lowest BCUT2D eigenvalue weighted by molar-refractivity contribution is 0.354. The Balaban J connectivity index is 2.47. The van der Waals surface area contributed by atoms with Gasteiger partial charge in [0.05, 0.1) is 5.54 Å². The number of hydrogen-bond acceptors (Lipinski definition) is 3. The molecule has 0 aliphatic heterocycles. The molecule has 1 aromatic heterocycles. The maximum atomic E-state index is 11.2. The molecule has 0 amide bonds. The van der Waals surface area contributed by atoms with Gasteiger partial charge in [-0.15, -0.1) is 0 Å². The van der Waals surface area contributed by atoms with Gasteiger partial charge in [-0.3, -0.25) is 0 Å². The van der Waals surface area contributed by atoms with Crippen LogP contribution in [0.15, 0.2) is 4.79 Å². The molecule has 1 aliphatic carbocycles. The van der Waals surface area contributed by atoms with E-state index in [1.165, 1.54) is 4.68 Å². The zero-order valence-electron chi connectivity index (χ0n) is 7.46. The second kappa shape index (κ2) is 1.78. The lowest BCUT2D eigenvalue weighted by Gasteiger charge is -2.11. The Morgan fingerprint density at radius 3 is 2.42 bits per heavy atom. The summed E-state index contributed by atoms with van der Waals surface area (Å²) in [6.07, 6.45) is 0.979. The number of hydrogen-bond donors (Lipinski definition) is 1. The van der Waals surface area contributed by atoms with Gasteiger partial charge in [0.15, 0.2) is 0 Å². The minimum Gasteiger partial charge on any atom is -0.244 e. The predicted octanol–water partition coefficient (Wildman–Crippen LogP) is 0.111. The average Bonchev–Trinajstić information content (AvgIpc) is 2.36. The molecule has 1 saturated carbocycles. The highest BCUT2D eigenvalue weighted by Gasteiger charge is 2.61. The molecule has 2 rings (SSSR count). The molecule has 1 N–H and O–H groups in total. The number of nitrogens with one attached hydrogen (secondary N) is 1. The Hall–Kier alpha value is -1.13. The molecule has 66 valence electrons. The first-order valence-corrected chi connectivity index (χ1v) is 3.98. The monoisotopic (exact) mass is 168 g/mol. The zero-order chi connectivity index (χ0) is 8.98. The zero-order valence-corrected chi connectivity index (χ0v) is 7.46. The molecule has 1 aromatic rings. The molecule has 1 fully saturated rings. The van der Waals surface area contributed by atoms with E-state index < -0.39 is 0 Å². The van der Waals surface area contributed by atoms with Gasteiger partial charge in [0, 0.05) is 0 Å². The maximum Gasteiger partial charge on any atom is 0.361 e. The van der Waals surface area contributed by atoms with Crippen LogP contribution in [-0.2, 0) is 5.54 Å². The van der Waals surface area contributed by atoms with Gasteiger partial charge < -0.3 is 0 Å². The number of aromatic amines is 1. The van der Waals surface area contributed by atoms with Crippen molar-refractivity contribution in [3.63, 3.8) is 0 Å². The fourth-order valence-corrected chi connectivity index (χ4v) is 1.70. The molecule has 0 saturated heterocycles. The topological polar surface area (TPSA) is 63.6 Å². The summed E-state index contributed by atoms with van der Waals surface area (Å²) in [6, 6.07) is 0. The molecule has 0 radical (unpaired) electrons. The van der Waals surface area contributed by atoms with E-state index in [9.17, 15) is 4.79 Å². The van der Waals surface area contributed by atoms with Gasteiger partial charge in [-0.2, -0.15) is 4.68 Å². The molecular weight excluding hydrogens is 156 g/mol. The molecular formula is C7H12N4O. The normalized spacial score (nSPS) is 31.9. The molecule has 1 unspecified atom stereocenters. The first-order chi connectivity index (χ1) is 5.47. The van der Waals surface area contributed by atoms with Gasteiger partial charge in [0.1, 0.15) is 0 Å². The summed E-state index contributed by atoms with van der Waals surface area (Å²) in [4.78, 5) is 11.2. The number of tetrazole rings is 1. The van der Waals surface area contributed by atoms with Crippen molar-refractivity contribution in [2.45, 2.75) is 32.7 Å². The van der Waals surface area contributed by atoms with E-state index in [-0.39, 0.29) is 16.6 Å². The summed E-state index contributed by atoms with van der Waals surface area (Å²) in [5.41, 5.74) is -0.201. The SMILES string of the molecule is CC1(C)CC1(C)n1nn[nH]c1=O. The highest BCUT2D eigenvalue weighted by Crippen LogP contribution is 2.59. The van der Waals surface area contributed by atoms with Crippen LogP contribution < -0.4 is 5.69 Å². The van der Waals surface area contributed by atoms with Crippen molar-refractivity contribution < 1.29 is 0 Å². The first kappa shape index (κ1) is 7.52. The Bertz CT molecular complexity index is 363. The van der Waals surface area contributed by atoms with Crippen LogP contribution in [0, 0.1) is 5.41 Å². The minimum atomic E-state index is -0.219. The van der Waals surface area contributed by atoms with Crippen LogP contribution in [0.3, 0.4) is 0 Å². The fourth-order valence-electron chi connectivity index (χ4n) is 1.70. The quantitative estimate of drug-likeness (QED) is 0.647. The fraction of sp³-hybridized carbons (Fsp3) is 0.857. The third-order valence-electron chi connectivity index (χ3n) is 3.06. The van der Waals surface area contributed by atoms with E-state index in [2.05, 4.69) is 29.4 Å². The summed E-state index contributed by atoms with van der Waals surface area (Å²) < 4.78 is 1.44. The Kier molecular flexibility index (Phi) is 1.12. The highest BCUT2D eigenvalue weighted by molar-refractivity contribution is 5.10. The van der Waals surface area contributed by atoms with E-state index >= 15 is 0 Å². The van der Waals surface area contributed by atoms with Crippen molar-refractivity contribution in [1.29, 1.82) is 0 Å². The molecule has 5 nitrogen and oxygen atoms in total. The predicted molar refractivity (Wildman–Crippen MR) is 42.7 cm³/mol. The van der Waals surface area contributed by atoms with Crippen molar-refractivity contribution in [1.82, 2.24) is 20.2 Å². The van der Waals surface area contributed by atoms with Crippen LogP contribution in [0.5, 0.6) is 0 Å². The van der Waals surface area contributed by atoms with Crippen molar-refractivity contribution in [3.05, 3.63) is 10.5 Å². The molecule has 5 heteroatoms. The number of H-pyrrole nitrogens is 1. The van der Waals surface area contributed by atoms with E-state index in [1.807, 2.05) is 6.92 Å². The third-order valence-corrected chi connectivity index (χ3v) is 3.06. The van der Waals surface area contributed by atoms with Crippen LogP contribution in [0.4, 0.5) is 0 Å². The molecule has 1 aliphatic rings. The third kappa shape index (κ3) is 0.707. The molecule has 1 heterocycles.